The molecule has 0 aliphatic carbocycles. The first kappa shape index (κ1) is 11.9. The molecule has 1 aliphatic rings. The minimum absolute atomic E-state index is 0.301. The fourth-order valence-corrected chi connectivity index (χ4v) is 2.14. The molecule has 2 heterocycles. The van der Waals surface area contributed by atoms with Crippen LogP contribution >= 0.6 is 0 Å². The fourth-order valence-electron chi connectivity index (χ4n) is 2.14. The minimum atomic E-state index is 0.301. The molecule has 0 radical (unpaired) electrons. The Morgan fingerprint density at radius 1 is 1.53 bits per heavy atom. The molecule has 0 aromatic carbocycles. The van der Waals surface area contributed by atoms with Crippen LogP contribution in [0.4, 0.5) is 5.82 Å². The highest BCUT2D eigenvalue weighted by molar-refractivity contribution is 5.51. The zero-order chi connectivity index (χ0) is 12.1. The number of nitrogens with zero attached hydrogens (tertiary/aromatic N) is 2. The number of hydrogen-bond acceptors (Lipinski definition) is 4. The summed E-state index contributed by atoms with van der Waals surface area (Å²) in [5.41, 5.74) is 0.917. The molecule has 1 saturated heterocycles. The number of aromatic nitrogens is 1. The average Bonchev–Trinajstić information content (AvgIpc) is 2.38. The summed E-state index contributed by atoms with van der Waals surface area (Å²) in [5, 5.41) is 15.7. The summed E-state index contributed by atoms with van der Waals surface area (Å²) >= 11 is 0. The van der Waals surface area contributed by atoms with Gasteiger partial charge in [0.25, 0.3) is 0 Å². The highest BCUT2D eigenvalue weighted by Gasteiger charge is 2.26. The van der Waals surface area contributed by atoms with E-state index in [4.69, 9.17) is 5.26 Å². The molecule has 0 unspecified atom stereocenters. The number of hydrogen-bond donors (Lipinski definition) is 2. The number of anilines is 1. The van der Waals surface area contributed by atoms with Crippen molar-refractivity contribution in [2.24, 2.45) is 5.41 Å². The predicted octanol–water partition coefficient (Wildman–Crippen LogP) is 1.75. The first-order valence-electron chi connectivity index (χ1n) is 6.03. The van der Waals surface area contributed by atoms with Crippen LogP contribution in [0.15, 0.2) is 18.3 Å². The van der Waals surface area contributed by atoms with Crippen molar-refractivity contribution in [3.05, 3.63) is 23.9 Å². The molecule has 4 heteroatoms. The second kappa shape index (κ2) is 5.15. The molecule has 0 spiro atoms. The second-order valence-corrected chi connectivity index (χ2v) is 4.93. The van der Waals surface area contributed by atoms with Gasteiger partial charge >= 0.3 is 0 Å². The third-order valence-corrected chi connectivity index (χ3v) is 3.42. The topological polar surface area (TPSA) is 60.7 Å². The maximum atomic E-state index is 8.98. The molecule has 2 rings (SSSR count). The van der Waals surface area contributed by atoms with Gasteiger partial charge in [-0.3, -0.25) is 0 Å². The Bertz CT molecular complexity index is 416. The summed E-state index contributed by atoms with van der Waals surface area (Å²) in [7, 11) is 0. The van der Waals surface area contributed by atoms with Gasteiger partial charge in [0.2, 0.25) is 0 Å². The standard InChI is InChI=1S/C13H18N4/c1-13(4-7-15-8-5-13)10-17-12-11(9-14)3-2-6-16-12/h2-3,6,15H,4-5,7-8,10H2,1H3,(H,16,17). The van der Waals surface area contributed by atoms with Crippen molar-refractivity contribution in [2.75, 3.05) is 25.0 Å². The first-order valence-corrected chi connectivity index (χ1v) is 6.03. The van der Waals surface area contributed by atoms with Crippen LogP contribution in [-0.4, -0.2) is 24.6 Å². The molecular formula is C13H18N4. The quantitative estimate of drug-likeness (QED) is 0.830. The Morgan fingerprint density at radius 2 is 2.29 bits per heavy atom. The highest BCUT2D eigenvalue weighted by Crippen LogP contribution is 2.28. The number of pyridine rings is 1. The third-order valence-electron chi connectivity index (χ3n) is 3.42. The van der Waals surface area contributed by atoms with Gasteiger partial charge in [-0.2, -0.15) is 5.26 Å². The monoisotopic (exact) mass is 230 g/mol. The maximum absolute atomic E-state index is 8.98. The van der Waals surface area contributed by atoms with Crippen molar-refractivity contribution in [1.29, 1.82) is 5.26 Å². The SMILES string of the molecule is CC1(CNc2ncccc2C#N)CCNCC1. The van der Waals surface area contributed by atoms with Gasteiger partial charge in [-0.25, -0.2) is 4.98 Å². The van der Waals surface area contributed by atoms with Crippen molar-refractivity contribution in [2.45, 2.75) is 19.8 Å². The van der Waals surface area contributed by atoms with Crippen molar-refractivity contribution in [3.8, 4) is 6.07 Å². The van der Waals surface area contributed by atoms with E-state index in [1.807, 2.05) is 0 Å². The van der Waals surface area contributed by atoms with Crippen LogP contribution in [-0.2, 0) is 0 Å². The second-order valence-electron chi connectivity index (χ2n) is 4.93. The van der Waals surface area contributed by atoms with Crippen molar-refractivity contribution in [3.63, 3.8) is 0 Å². The Kier molecular flexibility index (Phi) is 3.60. The van der Waals surface area contributed by atoms with E-state index < -0.39 is 0 Å². The maximum Gasteiger partial charge on any atom is 0.143 e. The van der Waals surface area contributed by atoms with Gasteiger partial charge in [-0.05, 0) is 43.5 Å². The lowest BCUT2D eigenvalue weighted by molar-refractivity contribution is 0.247. The Balaban J connectivity index is 2.00. The molecule has 4 nitrogen and oxygen atoms in total. The lowest BCUT2D eigenvalue weighted by Crippen LogP contribution is -2.39. The summed E-state index contributed by atoms with van der Waals surface area (Å²) in [5.74, 6) is 0.703. The molecule has 0 bridgehead atoms. The van der Waals surface area contributed by atoms with E-state index in [1.54, 1.807) is 18.3 Å². The number of nitrogens with one attached hydrogen (secondary N) is 2. The van der Waals surface area contributed by atoms with E-state index in [0.717, 1.165) is 32.5 Å². The summed E-state index contributed by atoms with van der Waals surface area (Å²) in [6.45, 7) is 5.31. The normalized spacial score (nSPS) is 18.4. The first-order chi connectivity index (χ1) is 8.23. The molecular weight excluding hydrogens is 212 g/mol. The zero-order valence-corrected chi connectivity index (χ0v) is 10.2. The molecule has 1 fully saturated rings. The fraction of sp³-hybridized carbons (Fsp3) is 0.538. The lowest BCUT2D eigenvalue weighted by Gasteiger charge is -2.34. The Morgan fingerprint density at radius 3 is 3.00 bits per heavy atom. The molecule has 0 saturated carbocycles. The van der Waals surface area contributed by atoms with Crippen LogP contribution < -0.4 is 10.6 Å². The van der Waals surface area contributed by atoms with Gasteiger partial charge in [0.1, 0.15) is 11.9 Å². The van der Waals surface area contributed by atoms with Crippen molar-refractivity contribution < 1.29 is 0 Å². The summed E-state index contributed by atoms with van der Waals surface area (Å²) in [6.07, 6.45) is 4.04. The van der Waals surface area contributed by atoms with Gasteiger partial charge in [0, 0.05) is 12.7 Å². The van der Waals surface area contributed by atoms with E-state index in [1.165, 1.54) is 0 Å². The molecule has 90 valence electrons. The van der Waals surface area contributed by atoms with Gasteiger partial charge in [0.05, 0.1) is 5.56 Å². The summed E-state index contributed by atoms with van der Waals surface area (Å²) in [4.78, 5) is 4.22. The van der Waals surface area contributed by atoms with E-state index >= 15 is 0 Å². The number of rotatable bonds is 3. The van der Waals surface area contributed by atoms with Gasteiger partial charge in [-0.1, -0.05) is 6.92 Å². The van der Waals surface area contributed by atoms with Gasteiger partial charge < -0.3 is 10.6 Å². The van der Waals surface area contributed by atoms with Gasteiger partial charge in [-0.15, -0.1) is 0 Å². The Hall–Kier alpha value is -1.60. The number of piperidine rings is 1. The van der Waals surface area contributed by atoms with Crippen LogP contribution in [0.2, 0.25) is 0 Å². The molecule has 1 aromatic heterocycles. The van der Waals surface area contributed by atoms with E-state index in [-0.39, 0.29) is 0 Å². The predicted molar refractivity (Wildman–Crippen MR) is 67.7 cm³/mol. The summed E-state index contributed by atoms with van der Waals surface area (Å²) < 4.78 is 0. The van der Waals surface area contributed by atoms with E-state index in [2.05, 4.69) is 28.6 Å². The molecule has 0 atom stereocenters. The summed E-state index contributed by atoms with van der Waals surface area (Å²) in [6, 6.07) is 5.74. The molecule has 17 heavy (non-hydrogen) atoms. The van der Waals surface area contributed by atoms with Crippen molar-refractivity contribution in [1.82, 2.24) is 10.3 Å². The van der Waals surface area contributed by atoms with Crippen LogP contribution in [0, 0.1) is 16.7 Å². The van der Waals surface area contributed by atoms with Crippen LogP contribution in [0.1, 0.15) is 25.3 Å². The molecule has 1 aliphatic heterocycles. The van der Waals surface area contributed by atoms with E-state index in [9.17, 15) is 0 Å². The van der Waals surface area contributed by atoms with Crippen molar-refractivity contribution >= 4 is 5.82 Å². The molecule has 0 amide bonds. The third kappa shape index (κ3) is 2.95. The molecule has 1 aromatic rings. The molecule has 2 N–H and O–H groups in total. The number of nitriles is 1. The van der Waals surface area contributed by atoms with Crippen LogP contribution in [0.5, 0.6) is 0 Å². The van der Waals surface area contributed by atoms with Crippen LogP contribution in [0.25, 0.3) is 0 Å². The van der Waals surface area contributed by atoms with E-state index in [0.29, 0.717) is 16.8 Å². The largest absolute Gasteiger partial charge is 0.368 e. The zero-order valence-electron chi connectivity index (χ0n) is 10.2. The smallest absolute Gasteiger partial charge is 0.143 e. The minimum Gasteiger partial charge on any atom is -0.368 e. The lowest BCUT2D eigenvalue weighted by atomic mass is 9.81. The Labute approximate surface area is 102 Å². The van der Waals surface area contributed by atoms with Crippen LogP contribution in [0.3, 0.4) is 0 Å². The highest BCUT2D eigenvalue weighted by atomic mass is 15.0. The average molecular weight is 230 g/mol. The van der Waals surface area contributed by atoms with Gasteiger partial charge in [0.15, 0.2) is 0 Å².